The second kappa shape index (κ2) is 3.22. The second-order valence-corrected chi connectivity index (χ2v) is 2.27. The molecule has 0 unspecified atom stereocenters. The lowest BCUT2D eigenvalue weighted by atomic mass is 10.3. The van der Waals surface area contributed by atoms with Crippen molar-refractivity contribution in [2.75, 3.05) is 0 Å². The summed E-state index contributed by atoms with van der Waals surface area (Å²) in [6.07, 6.45) is -0.619. The fourth-order valence-corrected chi connectivity index (χ4v) is 0.604. The van der Waals surface area contributed by atoms with Crippen LogP contribution in [-0.4, -0.2) is 16.4 Å². The Labute approximate surface area is 65.0 Å². The molecule has 1 aromatic heterocycles. The standard InChI is InChI=1S/C8H9NO2/c1-6(10)3-4-8-5-7(2)11-9-8/h5-6,10H,1-2H3/t6-/m1/s1. The van der Waals surface area contributed by atoms with Crippen LogP contribution >= 0.6 is 0 Å². The van der Waals surface area contributed by atoms with E-state index in [9.17, 15) is 0 Å². The minimum Gasteiger partial charge on any atom is -0.381 e. The van der Waals surface area contributed by atoms with Crippen LogP contribution in [0, 0.1) is 18.8 Å². The zero-order chi connectivity index (χ0) is 8.27. The third kappa shape index (κ3) is 2.44. The molecule has 11 heavy (non-hydrogen) atoms. The number of aliphatic hydroxyl groups excluding tert-OH is 1. The lowest BCUT2D eigenvalue weighted by Gasteiger charge is -1.84. The topological polar surface area (TPSA) is 46.3 Å². The molecule has 0 aliphatic rings. The molecule has 1 aromatic rings. The SMILES string of the molecule is Cc1cc(C#C[C@@H](C)O)no1. The summed E-state index contributed by atoms with van der Waals surface area (Å²) >= 11 is 0. The highest BCUT2D eigenvalue weighted by Gasteiger charge is 1.94. The van der Waals surface area contributed by atoms with Gasteiger partial charge in [0.15, 0.2) is 5.69 Å². The lowest BCUT2D eigenvalue weighted by Crippen LogP contribution is -1.92. The molecule has 0 amide bonds. The first-order valence-electron chi connectivity index (χ1n) is 3.31. The summed E-state index contributed by atoms with van der Waals surface area (Å²) in [6.45, 7) is 3.39. The maximum Gasteiger partial charge on any atom is 0.156 e. The summed E-state index contributed by atoms with van der Waals surface area (Å²) in [4.78, 5) is 0. The van der Waals surface area contributed by atoms with Gasteiger partial charge in [0.05, 0.1) is 0 Å². The molecule has 0 spiro atoms. The zero-order valence-electron chi connectivity index (χ0n) is 6.46. The van der Waals surface area contributed by atoms with E-state index in [2.05, 4.69) is 17.0 Å². The Morgan fingerprint density at radius 1 is 1.73 bits per heavy atom. The van der Waals surface area contributed by atoms with Gasteiger partial charge in [-0.3, -0.25) is 0 Å². The van der Waals surface area contributed by atoms with Crippen molar-refractivity contribution in [3.63, 3.8) is 0 Å². The highest BCUT2D eigenvalue weighted by Crippen LogP contribution is 1.98. The molecule has 0 aromatic carbocycles. The maximum absolute atomic E-state index is 8.79. The van der Waals surface area contributed by atoms with E-state index in [1.807, 2.05) is 0 Å². The van der Waals surface area contributed by atoms with Crippen molar-refractivity contribution in [1.82, 2.24) is 5.16 Å². The quantitative estimate of drug-likeness (QED) is 0.555. The average molecular weight is 151 g/mol. The van der Waals surface area contributed by atoms with Gasteiger partial charge >= 0.3 is 0 Å². The Kier molecular flexibility index (Phi) is 2.29. The summed E-state index contributed by atoms with van der Waals surface area (Å²) in [5.41, 5.74) is 0.559. The van der Waals surface area contributed by atoms with Crippen molar-refractivity contribution in [1.29, 1.82) is 0 Å². The fourth-order valence-electron chi connectivity index (χ4n) is 0.604. The molecule has 0 saturated heterocycles. The Hall–Kier alpha value is -1.27. The Bertz CT molecular complexity index is 291. The summed E-state index contributed by atoms with van der Waals surface area (Å²) in [6, 6.07) is 1.72. The van der Waals surface area contributed by atoms with E-state index in [1.165, 1.54) is 0 Å². The first kappa shape index (κ1) is 7.83. The molecule has 1 N–H and O–H groups in total. The summed E-state index contributed by atoms with van der Waals surface area (Å²) < 4.78 is 4.76. The van der Waals surface area contributed by atoms with Gasteiger partial charge in [0.25, 0.3) is 0 Å². The van der Waals surface area contributed by atoms with Crippen molar-refractivity contribution >= 4 is 0 Å². The van der Waals surface area contributed by atoms with E-state index in [0.29, 0.717) is 5.69 Å². The van der Waals surface area contributed by atoms with Gasteiger partial charge in [-0.05, 0) is 19.8 Å². The molecule has 0 bridgehead atoms. The van der Waals surface area contributed by atoms with Gasteiger partial charge in [0.2, 0.25) is 0 Å². The van der Waals surface area contributed by atoms with E-state index in [4.69, 9.17) is 9.63 Å². The van der Waals surface area contributed by atoms with Crippen molar-refractivity contribution in [3.8, 4) is 11.8 Å². The summed E-state index contributed by atoms with van der Waals surface area (Å²) in [5.74, 6) is 5.94. The molecule has 1 heterocycles. The van der Waals surface area contributed by atoms with Crippen LogP contribution in [0.4, 0.5) is 0 Å². The van der Waals surface area contributed by atoms with Crippen molar-refractivity contribution in [3.05, 3.63) is 17.5 Å². The molecule has 0 saturated carbocycles. The smallest absolute Gasteiger partial charge is 0.156 e. The Morgan fingerprint density at radius 2 is 2.45 bits per heavy atom. The minimum absolute atomic E-state index is 0.559. The van der Waals surface area contributed by atoms with Gasteiger partial charge < -0.3 is 9.63 Å². The van der Waals surface area contributed by atoms with E-state index in [1.54, 1.807) is 19.9 Å². The van der Waals surface area contributed by atoms with Crippen LogP contribution in [0.1, 0.15) is 18.4 Å². The van der Waals surface area contributed by atoms with Gasteiger partial charge in [-0.25, -0.2) is 0 Å². The van der Waals surface area contributed by atoms with Crippen LogP contribution in [0.25, 0.3) is 0 Å². The number of aliphatic hydroxyl groups is 1. The van der Waals surface area contributed by atoms with Crippen LogP contribution in [0.2, 0.25) is 0 Å². The fraction of sp³-hybridized carbons (Fsp3) is 0.375. The number of hydrogen-bond donors (Lipinski definition) is 1. The van der Waals surface area contributed by atoms with Crippen molar-refractivity contribution in [2.24, 2.45) is 0 Å². The van der Waals surface area contributed by atoms with E-state index >= 15 is 0 Å². The summed E-state index contributed by atoms with van der Waals surface area (Å²) in [5, 5.41) is 12.4. The predicted molar refractivity (Wildman–Crippen MR) is 39.8 cm³/mol. The molecule has 0 aliphatic carbocycles. The van der Waals surface area contributed by atoms with Crippen molar-refractivity contribution in [2.45, 2.75) is 20.0 Å². The van der Waals surface area contributed by atoms with Crippen molar-refractivity contribution < 1.29 is 9.63 Å². The third-order valence-corrected chi connectivity index (χ3v) is 1.04. The van der Waals surface area contributed by atoms with Crippen LogP contribution in [0.5, 0.6) is 0 Å². The first-order valence-corrected chi connectivity index (χ1v) is 3.31. The highest BCUT2D eigenvalue weighted by atomic mass is 16.5. The second-order valence-electron chi connectivity index (χ2n) is 2.27. The van der Waals surface area contributed by atoms with Crippen LogP contribution in [0.15, 0.2) is 10.6 Å². The summed E-state index contributed by atoms with van der Waals surface area (Å²) in [7, 11) is 0. The molecule has 1 rings (SSSR count). The number of aromatic nitrogens is 1. The van der Waals surface area contributed by atoms with Crippen LogP contribution < -0.4 is 0 Å². The van der Waals surface area contributed by atoms with E-state index < -0.39 is 6.10 Å². The number of rotatable bonds is 0. The largest absolute Gasteiger partial charge is 0.381 e. The number of hydrogen-bond acceptors (Lipinski definition) is 3. The molecular weight excluding hydrogens is 142 g/mol. The van der Waals surface area contributed by atoms with E-state index in [-0.39, 0.29) is 0 Å². The number of nitrogens with zero attached hydrogens (tertiary/aromatic N) is 1. The lowest BCUT2D eigenvalue weighted by molar-refractivity contribution is 0.253. The minimum atomic E-state index is -0.619. The average Bonchev–Trinajstić information content (AvgIpc) is 2.31. The maximum atomic E-state index is 8.79. The molecule has 0 aliphatic heterocycles. The molecule has 3 heteroatoms. The van der Waals surface area contributed by atoms with Gasteiger partial charge in [-0.2, -0.15) is 0 Å². The monoisotopic (exact) mass is 151 g/mol. The number of aryl methyl sites for hydroxylation is 1. The molecule has 3 nitrogen and oxygen atoms in total. The third-order valence-electron chi connectivity index (χ3n) is 1.04. The van der Waals surface area contributed by atoms with Gasteiger partial charge in [0, 0.05) is 6.07 Å². The predicted octanol–water partition coefficient (Wildman–Crippen LogP) is 0.715. The van der Waals surface area contributed by atoms with Crippen LogP contribution in [-0.2, 0) is 0 Å². The Morgan fingerprint density at radius 3 is 2.91 bits per heavy atom. The zero-order valence-corrected chi connectivity index (χ0v) is 6.46. The van der Waals surface area contributed by atoms with Gasteiger partial charge in [-0.15, -0.1) is 0 Å². The highest BCUT2D eigenvalue weighted by molar-refractivity contribution is 5.27. The molecule has 0 radical (unpaired) electrons. The molecule has 1 atom stereocenters. The van der Waals surface area contributed by atoms with Crippen LogP contribution in [0.3, 0.4) is 0 Å². The van der Waals surface area contributed by atoms with Gasteiger partial charge in [-0.1, -0.05) is 11.1 Å². The normalized spacial score (nSPS) is 11.9. The van der Waals surface area contributed by atoms with E-state index in [0.717, 1.165) is 5.76 Å². The Balaban J connectivity index is 2.74. The molecule has 58 valence electrons. The first-order chi connectivity index (χ1) is 5.18. The van der Waals surface area contributed by atoms with Gasteiger partial charge in [0.1, 0.15) is 11.9 Å². The molecule has 0 fully saturated rings. The molecular formula is C8H9NO2.